The number of nitrogens with zero attached hydrogens (tertiary/aromatic N) is 3. The number of aliphatic hydroxyl groups is 1. The second kappa shape index (κ2) is 23.1. The lowest BCUT2D eigenvalue weighted by atomic mass is 9.84. The molecule has 0 fully saturated rings. The first-order valence-corrected chi connectivity index (χ1v) is 20.1. The van der Waals surface area contributed by atoms with Gasteiger partial charge in [-0.2, -0.15) is 0 Å². The van der Waals surface area contributed by atoms with E-state index in [0.717, 1.165) is 44.1 Å². The number of aliphatic hydroxyl groups excluding tert-OH is 1. The number of thiazole rings is 1. The van der Waals surface area contributed by atoms with Gasteiger partial charge in [0, 0.05) is 56.0 Å². The van der Waals surface area contributed by atoms with Gasteiger partial charge >= 0.3 is 11.9 Å². The van der Waals surface area contributed by atoms with E-state index in [0.29, 0.717) is 30.1 Å². The summed E-state index contributed by atoms with van der Waals surface area (Å²) in [6, 6.07) is 6.17. The first-order chi connectivity index (χ1) is 25.6. The lowest BCUT2D eigenvalue weighted by Crippen LogP contribution is -2.45. The average Bonchev–Trinajstić information content (AvgIpc) is 3.62. The highest BCUT2D eigenvalue weighted by atomic mass is 32.1. The van der Waals surface area contributed by atoms with Crippen molar-refractivity contribution in [2.75, 3.05) is 31.1 Å². The molecular weight excluding hydrogens is 711 g/mol. The van der Waals surface area contributed by atoms with Gasteiger partial charge in [-0.1, -0.05) is 65.5 Å². The highest BCUT2D eigenvalue weighted by molar-refractivity contribution is 7.09. The fourth-order valence-corrected chi connectivity index (χ4v) is 7.25. The van der Waals surface area contributed by atoms with E-state index in [4.69, 9.17) is 10.5 Å². The third kappa shape index (κ3) is 14.7. The molecule has 0 aliphatic heterocycles. The summed E-state index contributed by atoms with van der Waals surface area (Å²) in [5.74, 6) is -2.20. The lowest BCUT2D eigenvalue weighted by molar-refractivity contribution is -0.149. The third-order valence-electron chi connectivity index (χ3n) is 9.48. The van der Waals surface area contributed by atoms with Crippen molar-refractivity contribution in [2.24, 2.45) is 17.1 Å². The summed E-state index contributed by atoms with van der Waals surface area (Å²) in [6.07, 6.45) is 6.18. The number of carboxylic acid groups (broad SMARTS) is 1. The average molecular weight is 774 g/mol. The Labute approximate surface area is 325 Å². The van der Waals surface area contributed by atoms with Crippen LogP contribution in [0.15, 0.2) is 29.6 Å². The Balaban J connectivity index is 2.38. The van der Waals surface area contributed by atoms with E-state index in [1.165, 1.54) is 23.2 Å². The number of unbranched alkanes of at least 4 members (excludes halogenated alkanes) is 4. The highest BCUT2D eigenvalue weighted by Crippen LogP contribution is 2.32. The molecule has 0 saturated heterocycles. The zero-order chi connectivity index (χ0) is 40.4. The van der Waals surface area contributed by atoms with Crippen LogP contribution >= 0.6 is 11.3 Å². The van der Waals surface area contributed by atoms with Crippen LogP contribution in [0.4, 0.5) is 5.69 Å². The SMILES string of the molecule is CCCCCCN(C(=O)CCCC)C(CC(OC(C)=O)c1nc(C(=O)NC(Cc2ccc(N(CCO)C(=O)CN)cc2)CC(C)(C)C(=O)O)cs1)C(C)C. The molecule has 1 aromatic carbocycles. The van der Waals surface area contributed by atoms with Gasteiger partial charge < -0.3 is 35.8 Å². The number of ether oxygens (including phenoxy) is 1. The molecule has 13 nitrogen and oxygen atoms in total. The topological polar surface area (TPSA) is 192 Å². The highest BCUT2D eigenvalue weighted by Gasteiger charge is 2.34. The molecule has 1 heterocycles. The maximum atomic E-state index is 13.7. The summed E-state index contributed by atoms with van der Waals surface area (Å²) in [4.78, 5) is 72.0. The number of carbonyl (C=O) groups excluding carboxylic acids is 4. The van der Waals surface area contributed by atoms with Crippen molar-refractivity contribution in [1.29, 1.82) is 0 Å². The van der Waals surface area contributed by atoms with E-state index >= 15 is 0 Å². The Morgan fingerprint density at radius 2 is 1.65 bits per heavy atom. The molecule has 3 amide bonds. The van der Waals surface area contributed by atoms with Crippen LogP contribution in [-0.2, 0) is 30.3 Å². The van der Waals surface area contributed by atoms with Crippen LogP contribution in [0.2, 0.25) is 0 Å². The third-order valence-corrected chi connectivity index (χ3v) is 10.4. The van der Waals surface area contributed by atoms with Crippen molar-refractivity contribution in [2.45, 2.75) is 131 Å². The number of amides is 3. The molecule has 2 rings (SSSR count). The van der Waals surface area contributed by atoms with Crippen LogP contribution in [0.25, 0.3) is 0 Å². The molecule has 54 heavy (non-hydrogen) atoms. The van der Waals surface area contributed by atoms with Gasteiger partial charge in [0.25, 0.3) is 5.91 Å². The van der Waals surface area contributed by atoms with Crippen LogP contribution in [0.5, 0.6) is 0 Å². The number of hydrogen-bond acceptors (Lipinski definition) is 10. The molecule has 1 aromatic heterocycles. The number of aromatic nitrogens is 1. The number of esters is 1. The zero-order valence-corrected chi connectivity index (χ0v) is 34.1. The minimum Gasteiger partial charge on any atom is -0.481 e. The summed E-state index contributed by atoms with van der Waals surface area (Å²) in [5, 5.41) is 24.3. The molecule has 0 radical (unpaired) electrons. The maximum absolute atomic E-state index is 13.7. The van der Waals surface area contributed by atoms with Crippen molar-refractivity contribution in [3.05, 3.63) is 45.9 Å². The van der Waals surface area contributed by atoms with Gasteiger partial charge in [-0.25, -0.2) is 4.98 Å². The number of carbonyl (C=O) groups is 5. The van der Waals surface area contributed by atoms with Crippen molar-refractivity contribution in [1.82, 2.24) is 15.2 Å². The second-order valence-electron chi connectivity index (χ2n) is 14.9. The molecule has 0 aliphatic carbocycles. The molecule has 302 valence electrons. The smallest absolute Gasteiger partial charge is 0.309 e. The van der Waals surface area contributed by atoms with E-state index in [1.807, 2.05) is 4.90 Å². The standard InChI is InChI=1S/C40H63N5O8S/c1-8-10-12-13-19-45(35(48)14-11-9-2)33(27(3)4)23-34(53-28(5)47)38-43-32(26-54-38)37(50)42-30(24-40(6,7)39(51)52)22-29-15-17-31(18-16-29)44(20-21-46)36(49)25-41/h15-18,26-27,30,33-34,46H,8-14,19-25,41H2,1-7H3,(H,42,50)(H,51,52). The summed E-state index contributed by atoms with van der Waals surface area (Å²) in [5.41, 5.74) is 5.83. The molecule has 5 N–H and O–H groups in total. The van der Waals surface area contributed by atoms with E-state index in [1.54, 1.807) is 43.5 Å². The van der Waals surface area contributed by atoms with Gasteiger partial charge in [-0.3, -0.25) is 24.0 Å². The minimum absolute atomic E-state index is 0.0638. The lowest BCUT2D eigenvalue weighted by Gasteiger charge is -2.36. The molecule has 2 aromatic rings. The van der Waals surface area contributed by atoms with Gasteiger partial charge in [0.2, 0.25) is 11.8 Å². The quantitative estimate of drug-likeness (QED) is 0.0699. The fraction of sp³-hybridized carbons (Fsp3) is 0.650. The van der Waals surface area contributed by atoms with Gasteiger partial charge in [-0.05, 0) is 63.1 Å². The normalized spacial score (nSPS) is 13.2. The summed E-state index contributed by atoms with van der Waals surface area (Å²) >= 11 is 1.20. The van der Waals surface area contributed by atoms with Crippen molar-refractivity contribution >= 4 is 46.7 Å². The monoisotopic (exact) mass is 773 g/mol. The van der Waals surface area contributed by atoms with E-state index in [-0.39, 0.29) is 62.0 Å². The predicted octanol–water partition coefficient (Wildman–Crippen LogP) is 5.89. The number of benzene rings is 1. The van der Waals surface area contributed by atoms with Crippen LogP contribution in [-0.4, -0.2) is 88.1 Å². The minimum atomic E-state index is -1.17. The number of hydrogen-bond donors (Lipinski definition) is 4. The fourth-order valence-electron chi connectivity index (χ4n) is 6.42. The Hall–Kier alpha value is -3.88. The molecule has 3 atom stereocenters. The van der Waals surface area contributed by atoms with Crippen LogP contribution < -0.4 is 16.0 Å². The zero-order valence-electron chi connectivity index (χ0n) is 33.3. The van der Waals surface area contributed by atoms with Crippen LogP contribution in [0.1, 0.15) is 133 Å². The number of carboxylic acids is 1. The molecule has 3 unspecified atom stereocenters. The number of anilines is 1. The maximum Gasteiger partial charge on any atom is 0.309 e. The largest absolute Gasteiger partial charge is 0.481 e. The Bertz CT molecular complexity index is 1500. The van der Waals surface area contributed by atoms with Gasteiger partial charge in [0.15, 0.2) is 6.10 Å². The first-order valence-electron chi connectivity index (χ1n) is 19.2. The van der Waals surface area contributed by atoms with Crippen molar-refractivity contribution < 1.29 is 38.9 Å². The molecular formula is C40H63N5O8S. The summed E-state index contributed by atoms with van der Waals surface area (Å²) < 4.78 is 5.81. The second-order valence-corrected chi connectivity index (χ2v) is 15.8. The van der Waals surface area contributed by atoms with Crippen molar-refractivity contribution in [3.8, 4) is 0 Å². The van der Waals surface area contributed by atoms with Gasteiger partial charge in [-0.15, -0.1) is 11.3 Å². The molecule has 0 aliphatic rings. The first kappa shape index (κ1) is 46.3. The van der Waals surface area contributed by atoms with E-state index in [9.17, 15) is 34.2 Å². The van der Waals surface area contributed by atoms with Gasteiger partial charge in [0.1, 0.15) is 10.7 Å². The molecule has 0 saturated carbocycles. The molecule has 0 bridgehead atoms. The Morgan fingerprint density at radius 1 is 0.981 bits per heavy atom. The van der Waals surface area contributed by atoms with E-state index < -0.39 is 35.4 Å². The molecule has 14 heteroatoms. The van der Waals surface area contributed by atoms with E-state index in [2.05, 4.69) is 38.0 Å². The Kier molecular flexibility index (Phi) is 19.8. The summed E-state index contributed by atoms with van der Waals surface area (Å²) in [6.45, 7) is 13.1. The summed E-state index contributed by atoms with van der Waals surface area (Å²) in [7, 11) is 0. The number of nitrogens with one attached hydrogen (secondary N) is 1. The van der Waals surface area contributed by atoms with Crippen molar-refractivity contribution in [3.63, 3.8) is 0 Å². The Morgan fingerprint density at radius 3 is 2.20 bits per heavy atom. The van der Waals surface area contributed by atoms with Crippen LogP contribution in [0, 0.1) is 11.3 Å². The number of aliphatic carboxylic acids is 1. The number of rotatable bonds is 25. The predicted molar refractivity (Wildman–Crippen MR) is 211 cm³/mol. The molecule has 0 spiro atoms. The van der Waals surface area contributed by atoms with Gasteiger partial charge in [0.05, 0.1) is 18.6 Å². The van der Waals surface area contributed by atoms with Crippen LogP contribution in [0.3, 0.4) is 0 Å². The number of nitrogens with two attached hydrogens (primary N) is 1.